The van der Waals surface area contributed by atoms with Crippen LogP contribution in [-0.2, 0) is 23.0 Å². The van der Waals surface area contributed by atoms with Gasteiger partial charge in [0, 0.05) is 5.69 Å². The molecule has 0 aliphatic rings. The average molecular weight is 327 g/mol. The van der Waals surface area contributed by atoms with E-state index in [1.807, 2.05) is 30.3 Å². The molecule has 1 unspecified atom stereocenters. The van der Waals surface area contributed by atoms with Crippen molar-refractivity contribution in [1.29, 1.82) is 0 Å². The summed E-state index contributed by atoms with van der Waals surface area (Å²) in [6.45, 7) is 2.18. The van der Waals surface area contributed by atoms with Crippen LogP contribution >= 0.6 is 0 Å². The number of H-pyrrole nitrogens is 1. The highest BCUT2D eigenvalue weighted by Crippen LogP contribution is 2.21. The number of unbranched alkanes of at least 4 members (excludes halogenated alkanes) is 1. The highest BCUT2D eigenvalue weighted by Gasteiger charge is 2.12. The zero-order valence-electron chi connectivity index (χ0n) is 13.2. The molecule has 1 atom stereocenters. The van der Waals surface area contributed by atoms with Crippen LogP contribution < -0.4 is 5.73 Å². The van der Waals surface area contributed by atoms with Gasteiger partial charge in [-0.15, -0.1) is 0 Å². The van der Waals surface area contributed by atoms with Crippen LogP contribution in [0.3, 0.4) is 0 Å². The third-order valence-corrected chi connectivity index (χ3v) is 5.09. The maximum atomic E-state index is 12.6. The SMILES string of the molecule is CCCCc1ccc(N)c(CS(=O)c2nc3ccccc3[nH]2)c1. The van der Waals surface area contributed by atoms with Crippen molar-refractivity contribution in [3.05, 3.63) is 53.6 Å². The number of imidazole rings is 1. The molecule has 120 valence electrons. The van der Waals surface area contributed by atoms with Crippen molar-refractivity contribution in [3.8, 4) is 0 Å². The number of nitrogens with zero attached hydrogens (tertiary/aromatic N) is 1. The monoisotopic (exact) mass is 327 g/mol. The van der Waals surface area contributed by atoms with E-state index in [0.717, 1.165) is 35.9 Å². The maximum Gasteiger partial charge on any atom is 0.197 e. The van der Waals surface area contributed by atoms with Gasteiger partial charge in [0.1, 0.15) is 0 Å². The molecule has 4 nitrogen and oxygen atoms in total. The average Bonchev–Trinajstić information content (AvgIpc) is 2.99. The zero-order chi connectivity index (χ0) is 16.2. The third kappa shape index (κ3) is 3.62. The lowest BCUT2D eigenvalue weighted by atomic mass is 10.0. The van der Waals surface area contributed by atoms with Gasteiger partial charge in [0.25, 0.3) is 0 Å². The minimum Gasteiger partial charge on any atom is -0.398 e. The first-order valence-electron chi connectivity index (χ1n) is 7.87. The Morgan fingerprint density at radius 3 is 2.83 bits per heavy atom. The number of rotatable bonds is 6. The molecule has 0 aliphatic carbocycles. The summed E-state index contributed by atoms with van der Waals surface area (Å²) in [5, 5.41) is 0.504. The van der Waals surface area contributed by atoms with E-state index in [0.29, 0.717) is 16.6 Å². The van der Waals surface area contributed by atoms with Crippen molar-refractivity contribution in [2.24, 2.45) is 0 Å². The van der Waals surface area contributed by atoms with Crippen LogP contribution in [0.4, 0.5) is 5.69 Å². The van der Waals surface area contributed by atoms with Crippen molar-refractivity contribution >= 4 is 27.5 Å². The lowest BCUT2D eigenvalue weighted by Crippen LogP contribution is -2.03. The summed E-state index contributed by atoms with van der Waals surface area (Å²) >= 11 is 0. The van der Waals surface area contributed by atoms with E-state index in [1.165, 1.54) is 5.56 Å². The van der Waals surface area contributed by atoms with Gasteiger partial charge in [-0.25, -0.2) is 4.98 Å². The van der Waals surface area contributed by atoms with Crippen LogP contribution in [0.15, 0.2) is 47.6 Å². The predicted octanol–water partition coefficient (Wildman–Crippen LogP) is 3.80. The summed E-state index contributed by atoms with van der Waals surface area (Å²) in [5.74, 6) is 0.381. The van der Waals surface area contributed by atoms with Crippen LogP contribution in [0, 0.1) is 0 Å². The number of anilines is 1. The molecule has 0 aliphatic heterocycles. The van der Waals surface area contributed by atoms with E-state index < -0.39 is 10.8 Å². The van der Waals surface area contributed by atoms with Gasteiger partial charge in [0.2, 0.25) is 0 Å². The first-order chi connectivity index (χ1) is 11.2. The molecule has 0 saturated carbocycles. The molecule has 0 bridgehead atoms. The fourth-order valence-corrected chi connectivity index (χ4v) is 3.66. The molecule has 0 saturated heterocycles. The molecule has 0 amide bonds. The van der Waals surface area contributed by atoms with Crippen molar-refractivity contribution in [2.75, 3.05) is 5.73 Å². The minimum absolute atomic E-state index is 0.381. The van der Waals surface area contributed by atoms with E-state index >= 15 is 0 Å². The number of aryl methyl sites for hydroxylation is 1. The van der Waals surface area contributed by atoms with Crippen molar-refractivity contribution in [3.63, 3.8) is 0 Å². The van der Waals surface area contributed by atoms with Gasteiger partial charge >= 0.3 is 0 Å². The van der Waals surface area contributed by atoms with Crippen molar-refractivity contribution < 1.29 is 4.21 Å². The second-order valence-electron chi connectivity index (χ2n) is 5.69. The standard InChI is InChI=1S/C18H21N3OS/c1-2-3-6-13-9-10-15(19)14(11-13)12-23(22)18-20-16-7-4-5-8-17(16)21-18/h4-5,7-11H,2-3,6,12,19H2,1H3,(H,20,21). The second kappa shape index (κ2) is 6.96. The van der Waals surface area contributed by atoms with Gasteiger partial charge in [-0.1, -0.05) is 37.6 Å². The Morgan fingerprint density at radius 1 is 1.22 bits per heavy atom. The number of para-hydroxylation sites is 2. The fourth-order valence-electron chi connectivity index (χ4n) is 2.57. The third-order valence-electron chi connectivity index (χ3n) is 3.90. The molecule has 3 N–H and O–H groups in total. The molecule has 3 rings (SSSR count). The predicted molar refractivity (Wildman–Crippen MR) is 95.7 cm³/mol. The second-order valence-corrected chi connectivity index (χ2v) is 7.05. The number of nitrogens with two attached hydrogens (primary N) is 1. The molecule has 2 aromatic carbocycles. The first kappa shape index (κ1) is 15.7. The summed E-state index contributed by atoms with van der Waals surface area (Å²) in [6, 6.07) is 13.7. The Kier molecular flexibility index (Phi) is 4.76. The van der Waals surface area contributed by atoms with Gasteiger partial charge in [0.05, 0.1) is 27.6 Å². The van der Waals surface area contributed by atoms with E-state index in [-0.39, 0.29) is 0 Å². The molecular weight excluding hydrogens is 306 g/mol. The Bertz CT molecular complexity index is 808. The highest BCUT2D eigenvalue weighted by molar-refractivity contribution is 7.84. The molecular formula is C18H21N3OS. The van der Waals surface area contributed by atoms with Gasteiger partial charge < -0.3 is 10.7 Å². The fraction of sp³-hybridized carbons (Fsp3) is 0.278. The molecule has 1 heterocycles. The van der Waals surface area contributed by atoms with Gasteiger partial charge in [0.15, 0.2) is 5.16 Å². The number of nitrogens with one attached hydrogen (secondary N) is 1. The topological polar surface area (TPSA) is 71.8 Å². The molecule has 0 radical (unpaired) electrons. The van der Waals surface area contributed by atoms with E-state index in [2.05, 4.69) is 29.0 Å². The van der Waals surface area contributed by atoms with Crippen LogP contribution in [0.2, 0.25) is 0 Å². The van der Waals surface area contributed by atoms with Gasteiger partial charge in [-0.2, -0.15) is 0 Å². The summed E-state index contributed by atoms with van der Waals surface area (Å²) in [4.78, 5) is 7.55. The lowest BCUT2D eigenvalue weighted by Gasteiger charge is -2.08. The Labute approximate surface area is 138 Å². The molecule has 0 fully saturated rings. The number of aromatic nitrogens is 2. The Hall–Kier alpha value is -2.14. The van der Waals surface area contributed by atoms with Gasteiger partial charge in [-0.3, -0.25) is 4.21 Å². The summed E-state index contributed by atoms with van der Waals surface area (Å²) < 4.78 is 12.6. The summed E-state index contributed by atoms with van der Waals surface area (Å²) in [7, 11) is -1.24. The summed E-state index contributed by atoms with van der Waals surface area (Å²) in [5.41, 5.74) is 10.7. The molecule has 5 heteroatoms. The van der Waals surface area contributed by atoms with Crippen LogP contribution in [0.25, 0.3) is 11.0 Å². The van der Waals surface area contributed by atoms with Crippen LogP contribution in [0.1, 0.15) is 30.9 Å². The largest absolute Gasteiger partial charge is 0.398 e. The number of aromatic amines is 1. The van der Waals surface area contributed by atoms with Crippen molar-refractivity contribution in [2.45, 2.75) is 37.1 Å². The number of fused-ring (bicyclic) bond motifs is 1. The van der Waals surface area contributed by atoms with Crippen LogP contribution in [-0.4, -0.2) is 14.2 Å². The molecule has 0 spiro atoms. The number of hydrogen-bond acceptors (Lipinski definition) is 3. The van der Waals surface area contributed by atoms with Gasteiger partial charge in [-0.05, 0) is 42.2 Å². The molecule has 3 aromatic rings. The Balaban J connectivity index is 1.81. The van der Waals surface area contributed by atoms with Crippen LogP contribution in [0.5, 0.6) is 0 Å². The smallest absolute Gasteiger partial charge is 0.197 e. The van der Waals surface area contributed by atoms with Crippen molar-refractivity contribution in [1.82, 2.24) is 9.97 Å². The highest BCUT2D eigenvalue weighted by atomic mass is 32.2. The molecule has 1 aromatic heterocycles. The first-order valence-corrected chi connectivity index (χ1v) is 9.19. The minimum atomic E-state index is -1.24. The number of nitrogen functional groups attached to an aromatic ring is 1. The van der Waals surface area contributed by atoms with E-state index in [4.69, 9.17) is 5.73 Å². The normalized spacial score (nSPS) is 12.6. The summed E-state index contributed by atoms with van der Waals surface area (Å²) in [6.07, 6.45) is 3.34. The Morgan fingerprint density at radius 2 is 2.04 bits per heavy atom. The molecule has 23 heavy (non-hydrogen) atoms. The number of benzene rings is 2. The van der Waals surface area contributed by atoms with E-state index in [1.54, 1.807) is 0 Å². The maximum absolute atomic E-state index is 12.6. The quantitative estimate of drug-likeness (QED) is 0.677. The zero-order valence-corrected chi connectivity index (χ0v) is 14.0. The lowest BCUT2D eigenvalue weighted by molar-refractivity contribution is 0.677. The van der Waals surface area contributed by atoms with E-state index in [9.17, 15) is 4.21 Å². The number of hydrogen-bond donors (Lipinski definition) is 2.